The zero-order valence-corrected chi connectivity index (χ0v) is 17.5. The summed E-state index contributed by atoms with van der Waals surface area (Å²) in [5, 5.41) is 5.94. The monoisotopic (exact) mass is 454 g/mol. The maximum absolute atomic E-state index is 12.5. The highest BCUT2D eigenvalue weighted by Gasteiger charge is 2.21. The largest absolute Gasteiger partial charge is 0.495 e. The molecule has 0 bridgehead atoms. The molecule has 2 amide bonds. The Morgan fingerprint density at radius 1 is 1.30 bits per heavy atom. The molecule has 1 unspecified atom stereocenters. The average molecular weight is 456 g/mol. The van der Waals surface area contributed by atoms with Gasteiger partial charge >= 0.3 is 0 Å². The minimum atomic E-state index is -0.558. The summed E-state index contributed by atoms with van der Waals surface area (Å²) in [4.78, 5) is 30.4. The van der Waals surface area contributed by atoms with Gasteiger partial charge in [0.1, 0.15) is 11.6 Å². The van der Waals surface area contributed by atoms with Crippen LogP contribution in [-0.2, 0) is 9.59 Å². The van der Waals surface area contributed by atoms with Crippen molar-refractivity contribution < 1.29 is 14.3 Å². The molecule has 2 aromatic rings. The summed E-state index contributed by atoms with van der Waals surface area (Å²) in [6.07, 6.45) is 1.59. The van der Waals surface area contributed by atoms with Crippen LogP contribution in [0.4, 0.5) is 11.5 Å². The summed E-state index contributed by atoms with van der Waals surface area (Å²) in [7, 11) is 3.20. The first-order valence-corrected chi connectivity index (χ1v) is 9.23. The predicted molar refractivity (Wildman–Crippen MR) is 109 cm³/mol. The van der Waals surface area contributed by atoms with Crippen LogP contribution in [0.15, 0.2) is 41.0 Å². The van der Waals surface area contributed by atoms with E-state index in [1.54, 1.807) is 55.4 Å². The number of ether oxygens (including phenoxy) is 1. The molecule has 1 heterocycles. The number of rotatable bonds is 7. The molecule has 0 aliphatic rings. The van der Waals surface area contributed by atoms with Gasteiger partial charge in [0, 0.05) is 15.7 Å². The van der Waals surface area contributed by atoms with Crippen LogP contribution in [0.3, 0.4) is 0 Å². The number of pyridine rings is 1. The predicted octanol–water partition coefficient (Wildman–Crippen LogP) is 3.40. The first-order chi connectivity index (χ1) is 12.8. The van der Waals surface area contributed by atoms with Gasteiger partial charge in [0.25, 0.3) is 0 Å². The second-order valence-corrected chi connectivity index (χ2v) is 7.19. The molecule has 0 saturated heterocycles. The minimum absolute atomic E-state index is 0.0268. The summed E-state index contributed by atoms with van der Waals surface area (Å²) in [5.74, 6) is 0.388. The van der Waals surface area contributed by atoms with E-state index >= 15 is 0 Å². The number of aromatic nitrogens is 1. The molecule has 27 heavy (non-hydrogen) atoms. The van der Waals surface area contributed by atoms with Gasteiger partial charge in [0.15, 0.2) is 0 Å². The Bertz CT molecular complexity index is 817. The van der Waals surface area contributed by atoms with E-state index in [1.807, 2.05) is 0 Å². The number of hydrogen-bond donors (Lipinski definition) is 2. The quantitative estimate of drug-likeness (QED) is 0.668. The molecular formula is C18H20BrClN4O3. The SMILES string of the molecule is COc1ccc(Cl)cc1NC(=O)C(C)N(C)CC(=O)Nc1ccc(Br)cn1. The van der Waals surface area contributed by atoms with Crippen LogP contribution < -0.4 is 15.4 Å². The number of nitrogens with one attached hydrogen (secondary N) is 2. The number of nitrogens with zero attached hydrogens (tertiary/aromatic N) is 2. The Hall–Kier alpha value is -2.16. The number of anilines is 2. The normalized spacial score (nSPS) is 11.8. The number of hydrogen-bond acceptors (Lipinski definition) is 5. The van der Waals surface area contributed by atoms with Crippen LogP contribution in [0, 0.1) is 0 Å². The maximum atomic E-state index is 12.5. The van der Waals surface area contributed by atoms with Gasteiger partial charge in [-0.3, -0.25) is 14.5 Å². The molecule has 144 valence electrons. The van der Waals surface area contributed by atoms with Gasteiger partial charge in [-0.15, -0.1) is 0 Å². The van der Waals surface area contributed by atoms with E-state index in [2.05, 4.69) is 31.5 Å². The van der Waals surface area contributed by atoms with Gasteiger partial charge in [-0.1, -0.05) is 11.6 Å². The van der Waals surface area contributed by atoms with Crippen molar-refractivity contribution in [3.63, 3.8) is 0 Å². The smallest absolute Gasteiger partial charge is 0.241 e. The van der Waals surface area contributed by atoms with Crippen molar-refractivity contribution in [1.29, 1.82) is 0 Å². The van der Waals surface area contributed by atoms with Crippen molar-refractivity contribution in [2.24, 2.45) is 0 Å². The van der Waals surface area contributed by atoms with Crippen molar-refractivity contribution in [2.75, 3.05) is 31.3 Å². The number of methoxy groups -OCH3 is 1. The first-order valence-electron chi connectivity index (χ1n) is 8.06. The lowest BCUT2D eigenvalue weighted by Gasteiger charge is -2.23. The Kier molecular flexibility index (Phi) is 7.58. The molecule has 1 aromatic carbocycles. The van der Waals surface area contributed by atoms with E-state index in [0.717, 1.165) is 4.47 Å². The average Bonchev–Trinajstić information content (AvgIpc) is 2.63. The lowest BCUT2D eigenvalue weighted by atomic mass is 10.2. The number of carbonyl (C=O) groups is 2. The van der Waals surface area contributed by atoms with Crippen molar-refractivity contribution in [2.45, 2.75) is 13.0 Å². The molecule has 1 atom stereocenters. The summed E-state index contributed by atoms with van der Waals surface area (Å²) in [5.41, 5.74) is 0.471. The van der Waals surface area contributed by atoms with Crippen molar-refractivity contribution >= 4 is 50.9 Å². The van der Waals surface area contributed by atoms with Gasteiger partial charge in [0.05, 0.1) is 25.4 Å². The number of carbonyl (C=O) groups excluding carboxylic acids is 2. The molecule has 0 spiro atoms. The van der Waals surface area contributed by atoms with Crippen molar-refractivity contribution in [3.8, 4) is 5.75 Å². The molecule has 2 N–H and O–H groups in total. The second-order valence-electron chi connectivity index (χ2n) is 5.83. The number of halogens is 2. The summed E-state index contributed by atoms with van der Waals surface area (Å²) < 4.78 is 6.04. The molecule has 1 aromatic heterocycles. The van der Waals surface area contributed by atoms with Crippen LogP contribution in [0.5, 0.6) is 5.75 Å². The van der Waals surface area contributed by atoms with E-state index in [1.165, 1.54) is 7.11 Å². The van der Waals surface area contributed by atoms with E-state index in [-0.39, 0.29) is 18.4 Å². The molecule has 0 fully saturated rings. The summed E-state index contributed by atoms with van der Waals surface area (Å²) in [6, 6.07) is 7.86. The topological polar surface area (TPSA) is 83.6 Å². The third-order valence-corrected chi connectivity index (χ3v) is 4.55. The standard InChI is InChI=1S/C18H20BrClN4O3/c1-11(18(26)22-14-8-13(20)5-6-15(14)27-3)24(2)10-17(25)23-16-7-4-12(19)9-21-16/h4-9,11H,10H2,1-3H3,(H,22,26)(H,21,23,25). The maximum Gasteiger partial charge on any atom is 0.241 e. The van der Waals surface area contributed by atoms with Crippen LogP contribution in [-0.4, -0.2) is 48.4 Å². The fourth-order valence-corrected chi connectivity index (χ4v) is 2.62. The van der Waals surface area contributed by atoms with Gasteiger partial charge < -0.3 is 15.4 Å². The zero-order valence-electron chi connectivity index (χ0n) is 15.1. The zero-order chi connectivity index (χ0) is 20.0. The second kappa shape index (κ2) is 9.68. The minimum Gasteiger partial charge on any atom is -0.495 e. The Labute approximate surface area is 171 Å². The molecule has 9 heteroatoms. The van der Waals surface area contributed by atoms with Gasteiger partial charge in [-0.05, 0) is 60.2 Å². The van der Waals surface area contributed by atoms with Crippen LogP contribution in [0.2, 0.25) is 5.02 Å². The van der Waals surface area contributed by atoms with E-state index in [4.69, 9.17) is 16.3 Å². The Morgan fingerprint density at radius 3 is 2.67 bits per heavy atom. The lowest BCUT2D eigenvalue weighted by molar-refractivity contribution is -0.122. The molecule has 0 aliphatic heterocycles. The highest BCUT2D eigenvalue weighted by atomic mass is 79.9. The molecule has 0 aliphatic carbocycles. The van der Waals surface area contributed by atoms with Gasteiger partial charge in [0.2, 0.25) is 11.8 Å². The van der Waals surface area contributed by atoms with Crippen molar-refractivity contribution in [1.82, 2.24) is 9.88 Å². The number of benzene rings is 1. The van der Waals surface area contributed by atoms with E-state index < -0.39 is 6.04 Å². The molecular weight excluding hydrogens is 436 g/mol. The van der Waals surface area contributed by atoms with E-state index in [9.17, 15) is 9.59 Å². The van der Waals surface area contributed by atoms with E-state index in [0.29, 0.717) is 22.3 Å². The van der Waals surface area contributed by atoms with Crippen LogP contribution >= 0.6 is 27.5 Å². The lowest BCUT2D eigenvalue weighted by Crippen LogP contribution is -2.43. The number of likely N-dealkylation sites (N-methyl/N-ethyl adjacent to an activating group) is 1. The highest BCUT2D eigenvalue weighted by molar-refractivity contribution is 9.10. The van der Waals surface area contributed by atoms with Crippen LogP contribution in [0.1, 0.15) is 6.92 Å². The molecule has 2 rings (SSSR count). The fraction of sp³-hybridized carbons (Fsp3) is 0.278. The van der Waals surface area contributed by atoms with Crippen molar-refractivity contribution in [3.05, 3.63) is 46.0 Å². The third-order valence-electron chi connectivity index (χ3n) is 3.85. The Morgan fingerprint density at radius 2 is 2.04 bits per heavy atom. The fourth-order valence-electron chi connectivity index (χ4n) is 2.21. The van der Waals surface area contributed by atoms with Gasteiger partial charge in [-0.25, -0.2) is 4.98 Å². The molecule has 0 radical (unpaired) electrons. The summed E-state index contributed by atoms with van der Waals surface area (Å²) in [6.45, 7) is 1.73. The highest BCUT2D eigenvalue weighted by Crippen LogP contribution is 2.27. The van der Waals surface area contributed by atoms with Gasteiger partial charge in [-0.2, -0.15) is 0 Å². The Balaban J connectivity index is 1.94. The van der Waals surface area contributed by atoms with Crippen LogP contribution in [0.25, 0.3) is 0 Å². The molecule has 0 saturated carbocycles. The number of amides is 2. The third kappa shape index (κ3) is 6.20. The first kappa shape index (κ1) is 21.1. The molecule has 7 nitrogen and oxygen atoms in total. The summed E-state index contributed by atoms with van der Waals surface area (Å²) >= 11 is 9.26.